The van der Waals surface area contributed by atoms with Crippen molar-refractivity contribution in [1.29, 1.82) is 0 Å². The molecule has 0 aromatic rings. The van der Waals surface area contributed by atoms with Gasteiger partial charge in [0.2, 0.25) is 0 Å². The predicted molar refractivity (Wildman–Crippen MR) is 45.5 cm³/mol. The first-order chi connectivity index (χ1) is 4.83. The lowest BCUT2D eigenvalue weighted by molar-refractivity contribution is 0.176. The molecule has 0 saturated carbocycles. The molecule has 0 bridgehead atoms. The van der Waals surface area contributed by atoms with E-state index in [9.17, 15) is 0 Å². The molecule has 0 radical (unpaired) electrons. The molecule has 1 fully saturated rings. The van der Waals surface area contributed by atoms with E-state index in [1.807, 2.05) is 0 Å². The molecule has 1 heterocycles. The second kappa shape index (κ2) is 4.21. The maximum Gasteiger partial charge on any atom is 0.0679 e. The summed E-state index contributed by atoms with van der Waals surface area (Å²) in [5, 5.41) is 9.14. The molecule has 3 heteroatoms. The molecular weight excluding hydrogens is 146 g/mol. The van der Waals surface area contributed by atoms with Crippen molar-refractivity contribution in [1.82, 2.24) is 4.90 Å². The number of thiol groups is 1. The van der Waals surface area contributed by atoms with Crippen molar-refractivity contribution in [3.05, 3.63) is 0 Å². The molecule has 60 valence electrons. The minimum Gasteiger partial charge on any atom is -0.392 e. The van der Waals surface area contributed by atoms with E-state index in [0.717, 1.165) is 38.2 Å². The number of hydrogen-bond donors (Lipinski definition) is 2. The Morgan fingerprint density at radius 2 is 2.40 bits per heavy atom. The van der Waals surface area contributed by atoms with Crippen LogP contribution in [0.1, 0.15) is 12.8 Å². The fraction of sp³-hybridized carbons (Fsp3) is 1.00. The van der Waals surface area contributed by atoms with Gasteiger partial charge in [0.1, 0.15) is 0 Å². The van der Waals surface area contributed by atoms with Crippen LogP contribution in [0.15, 0.2) is 0 Å². The SMILES string of the molecule is OC1CCN(CCCS)C1. The van der Waals surface area contributed by atoms with Crippen LogP contribution in [0.3, 0.4) is 0 Å². The van der Waals surface area contributed by atoms with Crippen LogP contribution in [0.4, 0.5) is 0 Å². The van der Waals surface area contributed by atoms with Gasteiger partial charge in [-0.3, -0.25) is 0 Å². The molecule has 1 unspecified atom stereocenters. The van der Waals surface area contributed by atoms with Crippen LogP contribution in [0.5, 0.6) is 0 Å². The van der Waals surface area contributed by atoms with Crippen molar-refractivity contribution < 1.29 is 5.11 Å². The number of aliphatic hydroxyl groups excluding tert-OH is 1. The Labute approximate surface area is 67.6 Å². The Hall–Kier alpha value is 0.270. The van der Waals surface area contributed by atoms with Gasteiger partial charge in [0.25, 0.3) is 0 Å². The van der Waals surface area contributed by atoms with Crippen LogP contribution in [-0.2, 0) is 0 Å². The van der Waals surface area contributed by atoms with E-state index in [2.05, 4.69) is 17.5 Å². The van der Waals surface area contributed by atoms with Gasteiger partial charge in [0, 0.05) is 13.1 Å². The Morgan fingerprint density at radius 3 is 2.90 bits per heavy atom. The maximum atomic E-state index is 9.14. The zero-order valence-corrected chi connectivity index (χ0v) is 7.06. The van der Waals surface area contributed by atoms with E-state index in [4.69, 9.17) is 5.11 Å². The minimum absolute atomic E-state index is 0.0695. The molecule has 1 N–H and O–H groups in total. The van der Waals surface area contributed by atoms with E-state index in [1.54, 1.807) is 0 Å². The molecule has 1 rings (SSSR count). The molecule has 0 aromatic heterocycles. The highest BCUT2D eigenvalue weighted by Gasteiger charge is 2.18. The summed E-state index contributed by atoms with van der Waals surface area (Å²) in [6.07, 6.45) is 2.02. The standard InChI is InChI=1S/C7H15NOS/c9-7-2-4-8(6-7)3-1-5-10/h7,9-10H,1-6H2. The highest BCUT2D eigenvalue weighted by molar-refractivity contribution is 7.80. The van der Waals surface area contributed by atoms with Crippen LogP contribution >= 0.6 is 12.6 Å². The van der Waals surface area contributed by atoms with E-state index >= 15 is 0 Å². The highest BCUT2D eigenvalue weighted by atomic mass is 32.1. The van der Waals surface area contributed by atoms with Gasteiger partial charge in [-0.05, 0) is 25.1 Å². The van der Waals surface area contributed by atoms with Crippen LogP contribution in [-0.4, -0.2) is 41.5 Å². The quantitative estimate of drug-likeness (QED) is 0.584. The second-order valence-corrected chi connectivity index (χ2v) is 3.27. The summed E-state index contributed by atoms with van der Waals surface area (Å²) in [6.45, 7) is 3.03. The Kier molecular flexibility index (Phi) is 3.52. The molecule has 1 aliphatic heterocycles. The number of hydrogen-bond acceptors (Lipinski definition) is 3. The molecule has 1 atom stereocenters. The number of aliphatic hydroxyl groups is 1. The first kappa shape index (κ1) is 8.37. The van der Waals surface area contributed by atoms with Crippen molar-refractivity contribution in [3.8, 4) is 0 Å². The molecule has 0 amide bonds. The summed E-state index contributed by atoms with van der Waals surface area (Å²) in [4.78, 5) is 2.29. The molecule has 1 saturated heterocycles. The first-order valence-corrected chi connectivity index (χ1v) is 4.47. The Balaban J connectivity index is 2.06. The summed E-state index contributed by atoms with van der Waals surface area (Å²) in [6, 6.07) is 0. The second-order valence-electron chi connectivity index (χ2n) is 2.82. The lowest BCUT2D eigenvalue weighted by atomic mass is 10.3. The third-order valence-electron chi connectivity index (χ3n) is 1.88. The zero-order valence-electron chi connectivity index (χ0n) is 6.16. The van der Waals surface area contributed by atoms with Crippen molar-refractivity contribution in [2.45, 2.75) is 18.9 Å². The zero-order chi connectivity index (χ0) is 7.40. The van der Waals surface area contributed by atoms with Crippen LogP contribution in [0, 0.1) is 0 Å². The number of rotatable bonds is 3. The largest absolute Gasteiger partial charge is 0.392 e. The Morgan fingerprint density at radius 1 is 1.60 bits per heavy atom. The fourth-order valence-corrected chi connectivity index (χ4v) is 1.45. The molecule has 0 aliphatic carbocycles. The van der Waals surface area contributed by atoms with Gasteiger partial charge < -0.3 is 10.0 Å². The van der Waals surface area contributed by atoms with E-state index in [0.29, 0.717) is 0 Å². The molecule has 10 heavy (non-hydrogen) atoms. The highest BCUT2D eigenvalue weighted by Crippen LogP contribution is 2.08. The van der Waals surface area contributed by atoms with E-state index in [-0.39, 0.29) is 6.10 Å². The van der Waals surface area contributed by atoms with Gasteiger partial charge in [-0.1, -0.05) is 0 Å². The van der Waals surface area contributed by atoms with E-state index < -0.39 is 0 Å². The number of β-amino-alcohol motifs (C(OH)–C–C–N with tert-alkyl or cyclic N) is 1. The third kappa shape index (κ3) is 2.48. The Bertz CT molecular complexity index is 99.6. The lowest BCUT2D eigenvalue weighted by Gasteiger charge is -2.12. The smallest absolute Gasteiger partial charge is 0.0679 e. The summed E-state index contributed by atoms with van der Waals surface area (Å²) >= 11 is 4.13. The monoisotopic (exact) mass is 161 g/mol. The fourth-order valence-electron chi connectivity index (χ4n) is 1.31. The average molecular weight is 161 g/mol. The van der Waals surface area contributed by atoms with Crippen molar-refractivity contribution in [2.75, 3.05) is 25.4 Å². The summed E-state index contributed by atoms with van der Waals surface area (Å²) in [7, 11) is 0. The maximum absolute atomic E-state index is 9.14. The molecule has 0 spiro atoms. The first-order valence-electron chi connectivity index (χ1n) is 3.84. The third-order valence-corrected chi connectivity index (χ3v) is 2.20. The molecular formula is C7H15NOS. The normalized spacial score (nSPS) is 27.6. The number of likely N-dealkylation sites (tertiary alicyclic amines) is 1. The van der Waals surface area contributed by atoms with Crippen molar-refractivity contribution in [2.24, 2.45) is 0 Å². The topological polar surface area (TPSA) is 23.5 Å². The van der Waals surface area contributed by atoms with Gasteiger partial charge in [-0.2, -0.15) is 12.6 Å². The van der Waals surface area contributed by atoms with Crippen LogP contribution < -0.4 is 0 Å². The summed E-state index contributed by atoms with van der Waals surface area (Å²) in [5.41, 5.74) is 0. The number of nitrogens with zero attached hydrogens (tertiary/aromatic N) is 1. The van der Waals surface area contributed by atoms with Gasteiger partial charge in [0.15, 0.2) is 0 Å². The minimum atomic E-state index is -0.0695. The van der Waals surface area contributed by atoms with Gasteiger partial charge in [-0.15, -0.1) is 0 Å². The lowest BCUT2D eigenvalue weighted by Crippen LogP contribution is -2.23. The molecule has 2 nitrogen and oxygen atoms in total. The van der Waals surface area contributed by atoms with Crippen molar-refractivity contribution in [3.63, 3.8) is 0 Å². The summed E-state index contributed by atoms with van der Waals surface area (Å²) in [5.74, 6) is 0.951. The van der Waals surface area contributed by atoms with Crippen molar-refractivity contribution >= 4 is 12.6 Å². The van der Waals surface area contributed by atoms with E-state index in [1.165, 1.54) is 0 Å². The summed E-state index contributed by atoms with van der Waals surface area (Å²) < 4.78 is 0. The van der Waals surface area contributed by atoms with Crippen LogP contribution in [0.25, 0.3) is 0 Å². The van der Waals surface area contributed by atoms with Crippen LogP contribution in [0.2, 0.25) is 0 Å². The van der Waals surface area contributed by atoms with Gasteiger partial charge in [-0.25, -0.2) is 0 Å². The van der Waals surface area contributed by atoms with Gasteiger partial charge >= 0.3 is 0 Å². The average Bonchev–Trinajstić information content (AvgIpc) is 2.31. The molecule has 1 aliphatic rings. The van der Waals surface area contributed by atoms with Gasteiger partial charge in [0.05, 0.1) is 6.10 Å². The predicted octanol–water partition coefficient (Wildman–Crippen LogP) is 0.373. The molecule has 0 aromatic carbocycles.